The molecular formula is C16H23NO2. The van der Waals surface area contributed by atoms with E-state index in [0.717, 1.165) is 43.2 Å². The summed E-state index contributed by atoms with van der Waals surface area (Å²) in [6.45, 7) is 8.82. The van der Waals surface area contributed by atoms with Gasteiger partial charge in [0.25, 0.3) is 0 Å². The molecule has 0 aromatic heterocycles. The van der Waals surface area contributed by atoms with Crippen molar-refractivity contribution in [2.75, 3.05) is 19.8 Å². The lowest BCUT2D eigenvalue weighted by molar-refractivity contribution is 0.297. The Hall–Kier alpha value is -1.48. The molecule has 3 heteroatoms. The van der Waals surface area contributed by atoms with Gasteiger partial charge in [0.1, 0.15) is 0 Å². The molecular weight excluding hydrogens is 238 g/mol. The first-order chi connectivity index (χ1) is 9.15. The molecule has 0 aliphatic carbocycles. The molecule has 1 aliphatic rings. The molecule has 1 aromatic rings. The van der Waals surface area contributed by atoms with Crippen LogP contribution in [0.4, 0.5) is 0 Å². The molecule has 0 saturated carbocycles. The molecule has 1 heterocycles. The van der Waals surface area contributed by atoms with E-state index < -0.39 is 0 Å². The van der Waals surface area contributed by atoms with Gasteiger partial charge in [0, 0.05) is 19.0 Å². The van der Waals surface area contributed by atoms with Gasteiger partial charge >= 0.3 is 0 Å². The minimum atomic E-state index is 0.507. The molecule has 0 fully saturated rings. The quantitative estimate of drug-likeness (QED) is 0.902. The highest BCUT2D eigenvalue weighted by atomic mass is 16.5. The zero-order valence-electron chi connectivity index (χ0n) is 12.0. The summed E-state index contributed by atoms with van der Waals surface area (Å²) >= 11 is 0. The van der Waals surface area contributed by atoms with Gasteiger partial charge in [-0.25, -0.2) is 0 Å². The average molecular weight is 261 g/mol. The summed E-state index contributed by atoms with van der Waals surface area (Å²) in [7, 11) is 0. The highest BCUT2D eigenvalue weighted by molar-refractivity contribution is 5.58. The van der Waals surface area contributed by atoms with E-state index in [1.807, 2.05) is 6.07 Å². The summed E-state index contributed by atoms with van der Waals surface area (Å²) in [6, 6.07) is 6.63. The zero-order chi connectivity index (χ0) is 13.7. The Balaban J connectivity index is 2.08. The number of hydrogen-bond donors (Lipinski definition) is 1. The van der Waals surface area contributed by atoms with Crippen molar-refractivity contribution in [3.05, 3.63) is 29.3 Å². The second-order valence-electron chi connectivity index (χ2n) is 5.28. The molecule has 2 rings (SSSR count). The molecule has 0 radical (unpaired) electrons. The topological polar surface area (TPSA) is 30.5 Å². The standard InChI is InChI=1S/C16H23NO2/c1-12(2)17-11-13(3)9-14-5-6-15-16(10-14)19-8-4-7-18-15/h5-6,9-10,12,17H,4,7-8,11H2,1-3H3. The van der Waals surface area contributed by atoms with E-state index in [2.05, 4.69) is 44.3 Å². The maximum Gasteiger partial charge on any atom is 0.161 e. The van der Waals surface area contributed by atoms with Crippen molar-refractivity contribution < 1.29 is 9.47 Å². The van der Waals surface area contributed by atoms with Crippen LogP contribution in [0.2, 0.25) is 0 Å². The van der Waals surface area contributed by atoms with Gasteiger partial charge in [-0.1, -0.05) is 31.6 Å². The van der Waals surface area contributed by atoms with Gasteiger partial charge in [-0.15, -0.1) is 0 Å². The molecule has 3 nitrogen and oxygen atoms in total. The van der Waals surface area contributed by atoms with E-state index in [0.29, 0.717) is 6.04 Å². The molecule has 19 heavy (non-hydrogen) atoms. The highest BCUT2D eigenvalue weighted by Gasteiger charge is 2.09. The number of nitrogens with one attached hydrogen (secondary N) is 1. The predicted octanol–water partition coefficient (Wildman–Crippen LogP) is 3.25. The third-order valence-electron chi connectivity index (χ3n) is 2.97. The third-order valence-corrected chi connectivity index (χ3v) is 2.97. The summed E-state index contributed by atoms with van der Waals surface area (Å²) < 4.78 is 11.3. The van der Waals surface area contributed by atoms with Crippen LogP contribution in [0.15, 0.2) is 23.8 Å². The van der Waals surface area contributed by atoms with Gasteiger partial charge in [-0.3, -0.25) is 0 Å². The van der Waals surface area contributed by atoms with E-state index in [1.54, 1.807) is 0 Å². The van der Waals surface area contributed by atoms with E-state index >= 15 is 0 Å². The van der Waals surface area contributed by atoms with E-state index in [9.17, 15) is 0 Å². The Bertz CT molecular complexity index is 452. The van der Waals surface area contributed by atoms with Crippen LogP contribution >= 0.6 is 0 Å². The fraction of sp³-hybridized carbons (Fsp3) is 0.500. The Morgan fingerprint density at radius 3 is 2.74 bits per heavy atom. The van der Waals surface area contributed by atoms with Crippen LogP contribution in [-0.2, 0) is 0 Å². The molecule has 1 aliphatic heterocycles. The van der Waals surface area contributed by atoms with Crippen LogP contribution in [0, 0.1) is 0 Å². The summed E-state index contributed by atoms with van der Waals surface area (Å²) in [5.74, 6) is 1.71. The lowest BCUT2D eigenvalue weighted by atomic mass is 10.1. The SMILES string of the molecule is CC(=Cc1ccc2c(c1)OCCCO2)CNC(C)C. The molecule has 1 aromatic carbocycles. The van der Waals surface area contributed by atoms with Crippen LogP contribution in [0.5, 0.6) is 11.5 Å². The Kier molecular flexibility index (Phi) is 4.86. The van der Waals surface area contributed by atoms with Crippen LogP contribution in [-0.4, -0.2) is 25.8 Å². The second-order valence-corrected chi connectivity index (χ2v) is 5.28. The normalized spacial score (nSPS) is 15.5. The average Bonchev–Trinajstić information content (AvgIpc) is 2.61. The summed E-state index contributed by atoms with van der Waals surface area (Å²) in [5, 5.41) is 3.41. The zero-order valence-corrected chi connectivity index (χ0v) is 12.0. The van der Waals surface area contributed by atoms with Gasteiger partial charge in [0.15, 0.2) is 11.5 Å². The van der Waals surface area contributed by atoms with Gasteiger partial charge in [0.05, 0.1) is 13.2 Å². The highest BCUT2D eigenvalue weighted by Crippen LogP contribution is 2.31. The summed E-state index contributed by atoms with van der Waals surface area (Å²) in [5.41, 5.74) is 2.47. The Morgan fingerprint density at radius 2 is 2.00 bits per heavy atom. The third kappa shape index (κ3) is 4.28. The fourth-order valence-corrected chi connectivity index (χ4v) is 1.97. The van der Waals surface area contributed by atoms with Crippen LogP contribution in [0.3, 0.4) is 0 Å². The molecule has 0 amide bonds. The number of rotatable bonds is 4. The molecule has 0 atom stereocenters. The molecule has 104 valence electrons. The van der Waals surface area contributed by atoms with Crippen molar-refractivity contribution in [1.29, 1.82) is 0 Å². The first-order valence-corrected chi connectivity index (χ1v) is 6.95. The first-order valence-electron chi connectivity index (χ1n) is 6.95. The maximum absolute atomic E-state index is 5.70. The maximum atomic E-state index is 5.70. The smallest absolute Gasteiger partial charge is 0.161 e. The number of fused-ring (bicyclic) bond motifs is 1. The molecule has 1 N–H and O–H groups in total. The predicted molar refractivity (Wildman–Crippen MR) is 78.8 cm³/mol. The minimum absolute atomic E-state index is 0.507. The van der Waals surface area contributed by atoms with Gasteiger partial charge in [-0.05, 0) is 24.6 Å². The number of benzene rings is 1. The van der Waals surface area contributed by atoms with Crippen LogP contribution in [0.25, 0.3) is 6.08 Å². The Labute approximate surface area is 115 Å². The lowest BCUT2D eigenvalue weighted by Gasteiger charge is -2.10. The fourth-order valence-electron chi connectivity index (χ4n) is 1.97. The van der Waals surface area contributed by atoms with Crippen molar-refractivity contribution in [3.8, 4) is 11.5 Å². The Morgan fingerprint density at radius 1 is 1.26 bits per heavy atom. The van der Waals surface area contributed by atoms with Crippen LogP contribution in [0.1, 0.15) is 32.8 Å². The largest absolute Gasteiger partial charge is 0.490 e. The van der Waals surface area contributed by atoms with Crippen molar-refractivity contribution in [1.82, 2.24) is 5.32 Å². The lowest BCUT2D eigenvalue weighted by Crippen LogP contribution is -2.24. The van der Waals surface area contributed by atoms with E-state index in [4.69, 9.17) is 9.47 Å². The number of ether oxygens (including phenoxy) is 2. The molecule has 0 bridgehead atoms. The second kappa shape index (κ2) is 6.62. The molecule has 0 saturated heterocycles. The van der Waals surface area contributed by atoms with Crippen molar-refractivity contribution in [3.63, 3.8) is 0 Å². The van der Waals surface area contributed by atoms with Crippen LogP contribution < -0.4 is 14.8 Å². The van der Waals surface area contributed by atoms with Crippen molar-refractivity contribution >= 4 is 6.08 Å². The summed E-state index contributed by atoms with van der Waals surface area (Å²) in [6.07, 6.45) is 3.13. The van der Waals surface area contributed by atoms with Gasteiger partial charge in [0.2, 0.25) is 0 Å². The first kappa shape index (κ1) is 13.9. The van der Waals surface area contributed by atoms with E-state index in [1.165, 1.54) is 5.57 Å². The minimum Gasteiger partial charge on any atom is -0.490 e. The van der Waals surface area contributed by atoms with Gasteiger partial charge in [-0.2, -0.15) is 0 Å². The van der Waals surface area contributed by atoms with Crippen molar-refractivity contribution in [2.45, 2.75) is 33.2 Å². The van der Waals surface area contributed by atoms with Crippen molar-refractivity contribution in [2.24, 2.45) is 0 Å². The molecule has 0 unspecified atom stereocenters. The van der Waals surface area contributed by atoms with Gasteiger partial charge < -0.3 is 14.8 Å². The van der Waals surface area contributed by atoms with E-state index in [-0.39, 0.29) is 0 Å². The summed E-state index contributed by atoms with van der Waals surface area (Å²) in [4.78, 5) is 0. The monoisotopic (exact) mass is 261 g/mol. The molecule has 0 spiro atoms. The number of hydrogen-bond acceptors (Lipinski definition) is 3.